The third-order valence-electron chi connectivity index (χ3n) is 6.64. The van der Waals surface area contributed by atoms with Crippen LogP contribution in [-0.4, -0.2) is 48.9 Å². The Labute approximate surface area is 212 Å². The SMILES string of the molecule is CCC(NC(=O)CCCOc1ccc2c(c1)CCC(=O)N2)c1ccccc1OCC(=O)N1CCCC1. The van der Waals surface area contributed by atoms with Gasteiger partial charge >= 0.3 is 0 Å². The molecule has 8 nitrogen and oxygen atoms in total. The minimum absolute atomic E-state index is 0.00284. The van der Waals surface area contributed by atoms with E-state index in [1.165, 1.54) is 0 Å². The van der Waals surface area contributed by atoms with Crippen molar-refractivity contribution in [1.29, 1.82) is 0 Å². The Balaban J connectivity index is 1.24. The molecule has 0 radical (unpaired) electrons. The Kier molecular flexibility index (Phi) is 8.81. The maximum Gasteiger partial charge on any atom is 0.260 e. The van der Waals surface area contributed by atoms with E-state index in [2.05, 4.69) is 10.6 Å². The van der Waals surface area contributed by atoms with E-state index in [9.17, 15) is 14.4 Å². The van der Waals surface area contributed by atoms with Crippen molar-refractivity contribution in [3.05, 3.63) is 53.6 Å². The van der Waals surface area contributed by atoms with Gasteiger partial charge in [-0.25, -0.2) is 0 Å². The van der Waals surface area contributed by atoms with Crippen LogP contribution in [0.1, 0.15) is 62.6 Å². The number of aryl methyl sites for hydroxylation is 1. The van der Waals surface area contributed by atoms with Gasteiger partial charge in [-0.15, -0.1) is 0 Å². The Bertz CT molecular complexity index is 1080. The van der Waals surface area contributed by atoms with Crippen LogP contribution < -0.4 is 20.1 Å². The summed E-state index contributed by atoms with van der Waals surface area (Å²) in [6.07, 6.45) is 4.91. The predicted octanol–water partition coefficient (Wildman–Crippen LogP) is 4.00. The highest BCUT2D eigenvalue weighted by Gasteiger charge is 2.21. The molecule has 1 saturated heterocycles. The van der Waals surface area contributed by atoms with Gasteiger partial charge in [0.05, 0.1) is 12.6 Å². The van der Waals surface area contributed by atoms with Crippen LogP contribution in [0.3, 0.4) is 0 Å². The molecule has 0 spiro atoms. The summed E-state index contributed by atoms with van der Waals surface area (Å²) in [6.45, 7) is 4.04. The summed E-state index contributed by atoms with van der Waals surface area (Å²) in [5.74, 6) is 1.36. The van der Waals surface area contributed by atoms with Crippen LogP contribution in [0.5, 0.6) is 11.5 Å². The van der Waals surface area contributed by atoms with Crippen molar-refractivity contribution >= 4 is 23.4 Å². The van der Waals surface area contributed by atoms with E-state index in [1.807, 2.05) is 54.3 Å². The number of anilines is 1. The lowest BCUT2D eigenvalue weighted by Gasteiger charge is -2.22. The van der Waals surface area contributed by atoms with Crippen molar-refractivity contribution in [3.8, 4) is 11.5 Å². The van der Waals surface area contributed by atoms with Crippen LogP contribution >= 0.6 is 0 Å². The Morgan fingerprint density at radius 1 is 1.08 bits per heavy atom. The second-order valence-corrected chi connectivity index (χ2v) is 9.26. The van der Waals surface area contributed by atoms with Gasteiger partial charge in [0.15, 0.2) is 6.61 Å². The molecule has 2 N–H and O–H groups in total. The van der Waals surface area contributed by atoms with Crippen LogP contribution in [-0.2, 0) is 20.8 Å². The molecule has 2 aliphatic rings. The number of carbonyl (C=O) groups is 3. The zero-order valence-corrected chi connectivity index (χ0v) is 20.9. The van der Waals surface area contributed by atoms with Gasteiger partial charge < -0.3 is 25.0 Å². The number of likely N-dealkylation sites (tertiary alicyclic amines) is 1. The fraction of sp³-hybridized carbons (Fsp3) is 0.464. The maximum atomic E-state index is 12.7. The van der Waals surface area contributed by atoms with Gasteiger partial charge in [-0.05, 0) is 61.9 Å². The Morgan fingerprint density at radius 2 is 1.89 bits per heavy atom. The minimum Gasteiger partial charge on any atom is -0.494 e. The van der Waals surface area contributed by atoms with E-state index in [1.54, 1.807) is 0 Å². The lowest BCUT2D eigenvalue weighted by molar-refractivity contribution is -0.132. The molecule has 0 aliphatic carbocycles. The molecule has 1 fully saturated rings. The number of carbonyl (C=O) groups excluding carboxylic acids is 3. The first kappa shape index (κ1) is 25.5. The van der Waals surface area contributed by atoms with Crippen molar-refractivity contribution in [1.82, 2.24) is 10.2 Å². The molecule has 3 amide bonds. The van der Waals surface area contributed by atoms with Gasteiger partial charge in [-0.3, -0.25) is 14.4 Å². The molecule has 2 aromatic carbocycles. The van der Waals surface area contributed by atoms with Crippen molar-refractivity contribution < 1.29 is 23.9 Å². The van der Waals surface area contributed by atoms with Crippen LogP contribution in [0.15, 0.2) is 42.5 Å². The Morgan fingerprint density at radius 3 is 2.69 bits per heavy atom. The number of hydrogen-bond acceptors (Lipinski definition) is 5. The standard InChI is InChI=1S/C28H35N3O5/c1-2-23(22-8-3-4-9-25(22)36-19-28(34)31-15-5-6-16-31)29-26(32)10-7-17-35-21-12-13-24-20(18-21)11-14-27(33)30-24/h3-4,8-9,12-13,18,23H,2,5-7,10-11,14-17,19H2,1H3,(H,29,32)(H,30,33). The number of ether oxygens (including phenoxy) is 2. The molecule has 2 heterocycles. The molecule has 0 bridgehead atoms. The van der Waals surface area contributed by atoms with Crippen LogP contribution in [0.2, 0.25) is 0 Å². The molecule has 8 heteroatoms. The van der Waals surface area contributed by atoms with E-state index in [-0.39, 0.29) is 30.4 Å². The fourth-order valence-corrected chi connectivity index (χ4v) is 4.64. The van der Waals surface area contributed by atoms with E-state index in [0.29, 0.717) is 44.5 Å². The number of benzene rings is 2. The van der Waals surface area contributed by atoms with Gasteiger partial charge in [0.2, 0.25) is 11.8 Å². The highest BCUT2D eigenvalue weighted by atomic mass is 16.5. The largest absolute Gasteiger partial charge is 0.494 e. The van der Waals surface area contributed by atoms with Crippen molar-refractivity contribution in [3.63, 3.8) is 0 Å². The lowest BCUT2D eigenvalue weighted by Crippen LogP contribution is -2.32. The fourth-order valence-electron chi connectivity index (χ4n) is 4.64. The summed E-state index contributed by atoms with van der Waals surface area (Å²) in [5.41, 5.74) is 2.78. The summed E-state index contributed by atoms with van der Waals surface area (Å²) in [7, 11) is 0. The Hall–Kier alpha value is -3.55. The second kappa shape index (κ2) is 12.4. The van der Waals surface area contributed by atoms with Gasteiger partial charge in [0.25, 0.3) is 5.91 Å². The van der Waals surface area contributed by atoms with Crippen molar-refractivity contribution in [2.24, 2.45) is 0 Å². The molecular formula is C28H35N3O5. The molecule has 0 aromatic heterocycles. The number of nitrogens with one attached hydrogen (secondary N) is 2. The van der Waals surface area contributed by atoms with Crippen molar-refractivity contribution in [2.75, 3.05) is 31.6 Å². The second-order valence-electron chi connectivity index (χ2n) is 9.26. The number of amides is 3. The highest BCUT2D eigenvalue weighted by Crippen LogP contribution is 2.28. The zero-order chi connectivity index (χ0) is 25.3. The zero-order valence-electron chi connectivity index (χ0n) is 20.9. The number of rotatable bonds is 11. The first-order chi connectivity index (χ1) is 17.5. The van der Waals surface area contributed by atoms with Gasteiger partial charge in [-0.1, -0.05) is 25.1 Å². The quantitative estimate of drug-likeness (QED) is 0.461. The van der Waals surface area contributed by atoms with Gasteiger partial charge in [0, 0.05) is 37.2 Å². The van der Waals surface area contributed by atoms with Gasteiger partial charge in [0.1, 0.15) is 11.5 Å². The first-order valence-corrected chi connectivity index (χ1v) is 12.9. The number of para-hydroxylation sites is 1. The maximum absolute atomic E-state index is 12.7. The smallest absolute Gasteiger partial charge is 0.260 e. The summed E-state index contributed by atoms with van der Waals surface area (Å²) in [6, 6.07) is 13.0. The normalized spacial score (nSPS) is 15.6. The van der Waals surface area contributed by atoms with Crippen LogP contribution in [0.25, 0.3) is 0 Å². The molecule has 1 unspecified atom stereocenters. The first-order valence-electron chi connectivity index (χ1n) is 12.9. The van der Waals surface area contributed by atoms with Gasteiger partial charge in [-0.2, -0.15) is 0 Å². The highest BCUT2D eigenvalue weighted by molar-refractivity contribution is 5.94. The van der Waals surface area contributed by atoms with Crippen molar-refractivity contribution in [2.45, 2.75) is 57.9 Å². The number of nitrogens with zero attached hydrogens (tertiary/aromatic N) is 1. The summed E-state index contributed by atoms with van der Waals surface area (Å²) in [5, 5.41) is 5.96. The average molecular weight is 494 g/mol. The summed E-state index contributed by atoms with van der Waals surface area (Å²) >= 11 is 0. The minimum atomic E-state index is -0.202. The molecule has 2 aliphatic heterocycles. The molecule has 2 aromatic rings. The van der Waals surface area contributed by atoms with E-state index in [0.717, 1.165) is 48.5 Å². The average Bonchev–Trinajstić information content (AvgIpc) is 3.44. The topological polar surface area (TPSA) is 97.0 Å². The van der Waals surface area contributed by atoms with Crippen LogP contribution in [0.4, 0.5) is 5.69 Å². The summed E-state index contributed by atoms with van der Waals surface area (Å²) < 4.78 is 11.7. The number of hydrogen-bond donors (Lipinski definition) is 2. The molecule has 192 valence electrons. The monoisotopic (exact) mass is 493 g/mol. The molecule has 4 rings (SSSR count). The van der Waals surface area contributed by atoms with E-state index < -0.39 is 0 Å². The number of fused-ring (bicyclic) bond motifs is 1. The molecular weight excluding hydrogens is 458 g/mol. The third kappa shape index (κ3) is 6.77. The predicted molar refractivity (Wildman–Crippen MR) is 137 cm³/mol. The van der Waals surface area contributed by atoms with E-state index in [4.69, 9.17) is 9.47 Å². The molecule has 0 saturated carbocycles. The van der Waals surface area contributed by atoms with E-state index >= 15 is 0 Å². The summed E-state index contributed by atoms with van der Waals surface area (Å²) in [4.78, 5) is 38.4. The van der Waals surface area contributed by atoms with Crippen LogP contribution in [0, 0.1) is 0 Å². The third-order valence-corrected chi connectivity index (χ3v) is 6.64. The molecule has 36 heavy (non-hydrogen) atoms. The molecule has 1 atom stereocenters. The lowest BCUT2D eigenvalue weighted by atomic mass is 10.0.